The normalized spacial score (nSPS) is 11.1. The summed E-state index contributed by atoms with van der Waals surface area (Å²) >= 11 is 0. The minimum atomic E-state index is -3.72. The lowest BCUT2D eigenvalue weighted by Crippen LogP contribution is -2.30. The molecule has 0 spiro atoms. The Morgan fingerprint density at radius 1 is 0.906 bits per heavy atom. The number of sulfonamides is 1. The number of para-hydroxylation sites is 2. The highest BCUT2D eigenvalue weighted by atomic mass is 32.2. The Balaban J connectivity index is 1.76. The van der Waals surface area contributed by atoms with Crippen molar-refractivity contribution in [1.82, 2.24) is 0 Å². The molecule has 0 heterocycles. The van der Waals surface area contributed by atoms with Gasteiger partial charge in [-0.25, -0.2) is 8.42 Å². The first kappa shape index (κ1) is 23.3. The summed E-state index contributed by atoms with van der Waals surface area (Å²) in [6.45, 7) is 4.72. The highest BCUT2D eigenvalue weighted by molar-refractivity contribution is 7.92. The van der Waals surface area contributed by atoms with Crippen LogP contribution in [-0.4, -0.2) is 27.5 Å². The topological polar surface area (TPSA) is 75.7 Å². The highest BCUT2D eigenvalue weighted by Crippen LogP contribution is 2.25. The van der Waals surface area contributed by atoms with E-state index in [9.17, 15) is 13.2 Å². The lowest BCUT2D eigenvalue weighted by atomic mass is 10.2. The minimum Gasteiger partial charge on any atom is -0.493 e. The van der Waals surface area contributed by atoms with E-state index in [0.29, 0.717) is 35.8 Å². The van der Waals surface area contributed by atoms with Crippen LogP contribution in [0, 0.1) is 0 Å². The van der Waals surface area contributed by atoms with Crippen molar-refractivity contribution in [3.05, 3.63) is 84.4 Å². The Kier molecular flexibility index (Phi) is 7.89. The lowest BCUT2D eigenvalue weighted by molar-refractivity contribution is 0.102. The average molecular weight is 453 g/mol. The lowest BCUT2D eigenvalue weighted by Gasteiger charge is -2.23. The quantitative estimate of drug-likeness (QED) is 0.422. The molecule has 0 saturated carbocycles. The fourth-order valence-electron chi connectivity index (χ4n) is 3.23. The van der Waals surface area contributed by atoms with Crippen molar-refractivity contribution < 1.29 is 17.9 Å². The second-order valence-corrected chi connectivity index (χ2v) is 9.04. The molecule has 0 fully saturated rings. The molecule has 0 unspecified atom stereocenters. The van der Waals surface area contributed by atoms with E-state index in [1.807, 2.05) is 12.1 Å². The molecule has 3 rings (SSSR count). The van der Waals surface area contributed by atoms with Crippen LogP contribution in [0.2, 0.25) is 0 Å². The number of ether oxygens (including phenoxy) is 1. The molecule has 32 heavy (non-hydrogen) atoms. The van der Waals surface area contributed by atoms with Crippen LogP contribution in [0.15, 0.2) is 83.8 Å². The number of nitrogens with one attached hydrogen (secondary N) is 1. The van der Waals surface area contributed by atoms with Crippen LogP contribution in [0.3, 0.4) is 0 Å². The monoisotopic (exact) mass is 452 g/mol. The highest BCUT2D eigenvalue weighted by Gasteiger charge is 2.23. The van der Waals surface area contributed by atoms with Crippen LogP contribution in [-0.2, 0) is 10.0 Å². The molecule has 0 atom stereocenters. The Hall–Kier alpha value is -3.32. The van der Waals surface area contributed by atoms with Crippen LogP contribution in [0.1, 0.15) is 37.0 Å². The van der Waals surface area contributed by atoms with Crippen LogP contribution in [0.5, 0.6) is 5.75 Å². The van der Waals surface area contributed by atoms with E-state index < -0.39 is 10.0 Å². The molecule has 168 valence electrons. The number of amides is 1. The maximum absolute atomic E-state index is 13.1. The predicted molar refractivity (Wildman–Crippen MR) is 128 cm³/mol. The smallest absolute Gasteiger partial charge is 0.264 e. The predicted octanol–water partition coefficient (Wildman–Crippen LogP) is 5.33. The zero-order chi connectivity index (χ0) is 23.0. The summed E-state index contributed by atoms with van der Waals surface area (Å²) in [4.78, 5) is 12.9. The van der Waals surface area contributed by atoms with Gasteiger partial charge in [-0.2, -0.15) is 0 Å². The Morgan fingerprint density at radius 3 is 2.22 bits per heavy atom. The van der Waals surface area contributed by atoms with Gasteiger partial charge in [0.15, 0.2) is 0 Å². The number of hydrogen-bond donors (Lipinski definition) is 1. The van der Waals surface area contributed by atoms with Crippen molar-refractivity contribution >= 4 is 27.3 Å². The molecule has 0 aliphatic carbocycles. The van der Waals surface area contributed by atoms with Gasteiger partial charge in [0.2, 0.25) is 0 Å². The van der Waals surface area contributed by atoms with Gasteiger partial charge in [-0.3, -0.25) is 9.10 Å². The third kappa shape index (κ3) is 5.48. The number of carbonyl (C=O) groups excluding carboxylic acids is 1. The first-order valence-electron chi connectivity index (χ1n) is 10.7. The molecule has 3 aromatic carbocycles. The van der Waals surface area contributed by atoms with Gasteiger partial charge in [0.25, 0.3) is 15.9 Å². The van der Waals surface area contributed by atoms with Crippen LogP contribution >= 0.6 is 0 Å². The average Bonchev–Trinajstić information content (AvgIpc) is 2.81. The molecule has 0 aliphatic rings. The fourth-order valence-corrected chi connectivity index (χ4v) is 4.70. The second kappa shape index (κ2) is 10.8. The zero-order valence-electron chi connectivity index (χ0n) is 18.3. The molecule has 0 aromatic heterocycles. The number of carbonyl (C=O) groups is 1. The van der Waals surface area contributed by atoms with E-state index in [1.165, 1.54) is 16.4 Å². The number of nitrogens with zero attached hydrogens (tertiary/aromatic N) is 1. The van der Waals surface area contributed by atoms with E-state index in [0.717, 1.165) is 12.8 Å². The summed E-state index contributed by atoms with van der Waals surface area (Å²) in [5.41, 5.74) is 1.54. The maximum atomic E-state index is 13.1. The maximum Gasteiger partial charge on any atom is 0.264 e. The Morgan fingerprint density at radius 2 is 1.56 bits per heavy atom. The second-order valence-electron chi connectivity index (χ2n) is 7.18. The van der Waals surface area contributed by atoms with Gasteiger partial charge in [-0.15, -0.1) is 0 Å². The summed E-state index contributed by atoms with van der Waals surface area (Å²) in [7, 11) is -3.72. The van der Waals surface area contributed by atoms with Crippen LogP contribution in [0.25, 0.3) is 0 Å². The summed E-state index contributed by atoms with van der Waals surface area (Å²) in [6.07, 6.45) is 1.91. The van der Waals surface area contributed by atoms with Gasteiger partial charge in [-0.1, -0.05) is 43.7 Å². The summed E-state index contributed by atoms with van der Waals surface area (Å²) in [5.74, 6) is 0.214. The first-order chi connectivity index (χ1) is 15.5. The van der Waals surface area contributed by atoms with Crippen molar-refractivity contribution in [1.29, 1.82) is 0 Å². The van der Waals surface area contributed by atoms with Crippen LogP contribution < -0.4 is 14.4 Å². The molecule has 6 nitrogen and oxygen atoms in total. The number of benzene rings is 3. The largest absolute Gasteiger partial charge is 0.493 e. The van der Waals surface area contributed by atoms with Gasteiger partial charge < -0.3 is 10.1 Å². The standard InChI is InChI=1S/C25H28N2O4S/c1-3-5-19-31-24-14-10-9-13-23(24)25(28)26-20-15-17-22(18-16-20)32(29,30)27(4-2)21-11-7-6-8-12-21/h6-18H,3-5,19H2,1-2H3,(H,26,28). The number of unbranched alkanes of at least 4 members (excludes halogenated alkanes) is 1. The Bertz CT molecular complexity index is 1130. The van der Waals surface area contributed by atoms with Crippen LogP contribution in [0.4, 0.5) is 11.4 Å². The van der Waals surface area contributed by atoms with Gasteiger partial charge >= 0.3 is 0 Å². The van der Waals surface area contributed by atoms with Gasteiger partial charge in [-0.05, 0) is 61.9 Å². The number of rotatable bonds is 10. The molecule has 0 radical (unpaired) electrons. The summed E-state index contributed by atoms with van der Waals surface area (Å²) < 4.78 is 33.3. The third-order valence-corrected chi connectivity index (χ3v) is 6.84. The van der Waals surface area contributed by atoms with Crippen molar-refractivity contribution in [3.8, 4) is 5.75 Å². The van der Waals surface area contributed by atoms with Crippen molar-refractivity contribution in [3.63, 3.8) is 0 Å². The summed E-state index contributed by atoms with van der Waals surface area (Å²) in [5, 5.41) is 2.82. The molecule has 3 aromatic rings. The molecule has 1 amide bonds. The third-order valence-electron chi connectivity index (χ3n) is 4.92. The van der Waals surface area contributed by atoms with Gasteiger partial charge in [0.1, 0.15) is 5.75 Å². The van der Waals surface area contributed by atoms with E-state index in [1.54, 1.807) is 61.5 Å². The first-order valence-corrected chi connectivity index (χ1v) is 12.1. The molecule has 1 N–H and O–H groups in total. The number of anilines is 2. The zero-order valence-corrected chi connectivity index (χ0v) is 19.1. The number of hydrogen-bond acceptors (Lipinski definition) is 4. The molecular formula is C25H28N2O4S. The van der Waals surface area contributed by atoms with E-state index >= 15 is 0 Å². The molecule has 7 heteroatoms. The van der Waals surface area contributed by atoms with E-state index in [-0.39, 0.29) is 10.8 Å². The summed E-state index contributed by atoms with van der Waals surface area (Å²) in [6, 6.07) is 22.2. The minimum absolute atomic E-state index is 0.157. The molecular weight excluding hydrogens is 424 g/mol. The fraction of sp³-hybridized carbons (Fsp3) is 0.240. The van der Waals surface area contributed by atoms with Crippen molar-refractivity contribution in [2.24, 2.45) is 0 Å². The van der Waals surface area contributed by atoms with E-state index in [4.69, 9.17) is 4.74 Å². The van der Waals surface area contributed by atoms with E-state index in [2.05, 4.69) is 12.2 Å². The van der Waals surface area contributed by atoms with Gasteiger partial charge in [0.05, 0.1) is 22.8 Å². The van der Waals surface area contributed by atoms with Gasteiger partial charge in [0, 0.05) is 12.2 Å². The molecule has 0 bridgehead atoms. The van der Waals surface area contributed by atoms with Crippen molar-refractivity contribution in [2.75, 3.05) is 22.8 Å². The molecule has 0 aliphatic heterocycles. The molecule has 0 saturated heterocycles. The van der Waals surface area contributed by atoms with Crippen molar-refractivity contribution in [2.45, 2.75) is 31.6 Å². The Labute approximate surface area is 189 Å². The SMILES string of the molecule is CCCCOc1ccccc1C(=O)Nc1ccc(S(=O)(=O)N(CC)c2ccccc2)cc1.